The number of imide groups is 1. The first-order valence-electron chi connectivity index (χ1n) is 17.5. The second-order valence-corrected chi connectivity index (χ2v) is 13.5. The molecule has 0 saturated carbocycles. The summed E-state index contributed by atoms with van der Waals surface area (Å²) in [7, 11) is 0. The van der Waals surface area contributed by atoms with Crippen molar-refractivity contribution >= 4 is 34.7 Å². The van der Waals surface area contributed by atoms with Crippen molar-refractivity contribution in [3.8, 4) is 11.3 Å². The molecule has 3 aromatic heterocycles. The Balaban J connectivity index is 0.788. The number of fused-ring (bicyclic) bond motifs is 1. The molecule has 8 rings (SSSR count). The van der Waals surface area contributed by atoms with Crippen LogP contribution in [0.5, 0.6) is 0 Å². The lowest BCUT2D eigenvalue weighted by molar-refractivity contribution is -0.134. The second-order valence-electron chi connectivity index (χ2n) is 13.5. The van der Waals surface area contributed by atoms with Crippen LogP contribution in [0.3, 0.4) is 0 Å². The number of hydrogen-bond acceptors (Lipinski definition) is 9. The standard InChI is InChI=1S/C37H41FN10O2/c38-28-3-1-2-27(22-28)33-24-40-35(36-39-12-15-47(33)36)42-29-23-41-48(25-29)31-10-13-44(14-11-31)16-17-45-18-20-46(21-19-45)30-6-4-26(5-7-30)32-8-9-34(49)43-37(32)50/h1-7,12,15,22-25,31-32H,8-11,13-14,16-21H2,(H,40,42)(H,43,49,50). The van der Waals surface area contributed by atoms with Crippen molar-refractivity contribution in [1.29, 1.82) is 0 Å². The first-order valence-corrected chi connectivity index (χ1v) is 17.5. The molecule has 0 spiro atoms. The smallest absolute Gasteiger partial charge is 0.234 e. The van der Waals surface area contributed by atoms with E-state index in [0.29, 0.717) is 30.3 Å². The molecule has 0 bridgehead atoms. The van der Waals surface area contributed by atoms with E-state index in [0.717, 1.165) is 87.7 Å². The van der Waals surface area contributed by atoms with Crippen LogP contribution in [0.2, 0.25) is 0 Å². The zero-order valence-corrected chi connectivity index (χ0v) is 27.9. The van der Waals surface area contributed by atoms with Gasteiger partial charge in [-0.3, -0.25) is 28.9 Å². The Morgan fingerprint density at radius 3 is 2.42 bits per heavy atom. The predicted molar refractivity (Wildman–Crippen MR) is 189 cm³/mol. The molecular weight excluding hydrogens is 635 g/mol. The first-order chi connectivity index (χ1) is 24.5. The number of halogens is 1. The van der Waals surface area contributed by atoms with Gasteiger partial charge in [0.15, 0.2) is 11.5 Å². The normalized spacial score (nSPS) is 19.6. The van der Waals surface area contributed by atoms with Crippen molar-refractivity contribution in [1.82, 2.24) is 39.3 Å². The molecule has 258 valence electrons. The van der Waals surface area contributed by atoms with Crippen molar-refractivity contribution in [2.75, 3.05) is 62.6 Å². The molecule has 1 unspecified atom stereocenters. The molecule has 3 aliphatic rings. The largest absolute Gasteiger partial charge is 0.369 e. The molecule has 13 heteroatoms. The van der Waals surface area contributed by atoms with Gasteiger partial charge in [-0.25, -0.2) is 14.4 Å². The molecule has 2 amide bonds. The molecule has 1 atom stereocenters. The van der Waals surface area contributed by atoms with E-state index < -0.39 is 0 Å². The topological polar surface area (TPSA) is 116 Å². The van der Waals surface area contributed by atoms with E-state index in [2.05, 4.69) is 57.2 Å². The van der Waals surface area contributed by atoms with Crippen LogP contribution in [0.25, 0.3) is 16.9 Å². The molecule has 2 aromatic carbocycles. The van der Waals surface area contributed by atoms with E-state index in [-0.39, 0.29) is 23.5 Å². The fourth-order valence-corrected chi connectivity index (χ4v) is 7.46. The number of amides is 2. The Labute approximate surface area is 289 Å². The lowest BCUT2D eigenvalue weighted by Gasteiger charge is -2.38. The van der Waals surface area contributed by atoms with Gasteiger partial charge in [-0.05, 0) is 49.1 Å². The second kappa shape index (κ2) is 14.0. The molecular formula is C37H41FN10O2. The van der Waals surface area contributed by atoms with Crippen LogP contribution in [-0.2, 0) is 9.59 Å². The van der Waals surface area contributed by atoms with Gasteiger partial charge in [0.05, 0.1) is 35.7 Å². The van der Waals surface area contributed by atoms with E-state index >= 15 is 0 Å². The van der Waals surface area contributed by atoms with Crippen LogP contribution in [0, 0.1) is 5.82 Å². The molecule has 2 N–H and O–H groups in total. The zero-order valence-electron chi connectivity index (χ0n) is 27.9. The Bertz CT molecular complexity index is 1980. The van der Waals surface area contributed by atoms with Gasteiger partial charge in [0.1, 0.15) is 5.82 Å². The molecule has 0 aliphatic carbocycles. The van der Waals surface area contributed by atoms with Crippen LogP contribution in [0.15, 0.2) is 79.5 Å². The number of aromatic nitrogens is 5. The number of anilines is 3. The highest BCUT2D eigenvalue weighted by molar-refractivity contribution is 6.01. The number of carbonyl (C=O) groups excluding carboxylic acids is 2. The van der Waals surface area contributed by atoms with Crippen LogP contribution >= 0.6 is 0 Å². The highest BCUT2D eigenvalue weighted by Gasteiger charge is 2.28. The number of imidazole rings is 1. The summed E-state index contributed by atoms with van der Waals surface area (Å²) in [5.41, 5.74) is 5.18. The molecule has 3 saturated heterocycles. The Hall–Kier alpha value is -5.14. The van der Waals surface area contributed by atoms with Crippen molar-refractivity contribution in [3.05, 3.63) is 90.9 Å². The molecule has 5 aromatic rings. The number of nitrogens with one attached hydrogen (secondary N) is 2. The number of hydrogen-bond donors (Lipinski definition) is 2. The summed E-state index contributed by atoms with van der Waals surface area (Å²) >= 11 is 0. The van der Waals surface area contributed by atoms with Crippen molar-refractivity contribution in [2.45, 2.75) is 37.6 Å². The molecule has 50 heavy (non-hydrogen) atoms. The van der Waals surface area contributed by atoms with Crippen LogP contribution < -0.4 is 15.5 Å². The summed E-state index contributed by atoms with van der Waals surface area (Å²) in [6.45, 7) is 8.24. The molecule has 3 fully saturated rings. The zero-order chi connectivity index (χ0) is 34.0. The number of carbonyl (C=O) groups is 2. The number of rotatable bonds is 9. The maximum Gasteiger partial charge on any atom is 0.234 e. The Morgan fingerprint density at radius 1 is 0.880 bits per heavy atom. The van der Waals surface area contributed by atoms with E-state index in [1.54, 1.807) is 18.5 Å². The third kappa shape index (κ3) is 6.83. The number of benzene rings is 2. The molecule has 0 radical (unpaired) electrons. The Morgan fingerprint density at radius 2 is 1.66 bits per heavy atom. The van der Waals surface area contributed by atoms with Crippen molar-refractivity contribution in [3.63, 3.8) is 0 Å². The van der Waals surface area contributed by atoms with Crippen LogP contribution in [0.4, 0.5) is 21.6 Å². The summed E-state index contributed by atoms with van der Waals surface area (Å²) < 4.78 is 17.9. The number of piperidine rings is 2. The van der Waals surface area contributed by atoms with E-state index in [1.165, 1.54) is 17.8 Å². The van der Waals surface area contributed by atoms with Crippen LogP contribution in [0.1, 0.15) is 43.2 Å². The van der Waals surface area contributed by atoms with Crippen LogP contribution in [-0.4, -0.2) is 98.1 Å². The number of likely N-dealkylation sites (tertiary alicyclic amines) is 1. The van der Waals surface area contributed by atoms with Crippen molar-refractivity contribution < 1.29 is 14.0 Å². The highest BCUT2D eigenvalue weighted by Crippen LogP contribution is 2.29. The quantitative estimate of drug-likeness (QED) is 0.219. The van der Waals surface area contributed by atoms with Gasteiger partial charge in [0, 0.05) is 88.6 Å². The molecule has 12 nitrogen and oxygen atoms in total. The maximum absolute atomic E-state index is 13.9. The molecule has 6 heterocycles. The third-order valence-corrected chi connectivity index (χ3v) is 10.3. The Kier molecular flexibility index (Phi) is 8.98. The summed E-state index contributed by atoms with van der Waals surface area (Å²) in [6, 6.07) is 15.1. The highest BCUT2D eigenvalue weighted by atomic mass is 19.1. The third-order valence-electron chi connectivity index (χ3n) is 10.3. The number of piperazine rings is 1. The average molecular weight is 677 g/mol. The van der Waals surface area contributed by atoms with E-state index in [1.807, 2.05) is 41.2 Å². The lowest BCUT2D eigenvalue weighted by Crippen LogP contribution is -2.49. The monoisotopic (exact) mass is 676 g/mol. The van der Waals surface area contributed by atoms with Gasteiger partial charge in [-0.1, -0.05) is 24.3 Å². The van der Waals surface area contributed by atoms with E-state index in [9.17, 15) is 14.0 Å². The average Bonchev–Trinajstić information content (AvgIpc) is 3.83. The summed E-state index contributed by atoms with van der Waals surface area (Å²) in [5.74, 6) is -0.280. The summed E-state index contributed by atoms with van der Waals surface area (Å²) in [5, 5.41) is 10.5. The SMILES string of the molecule is O=C1CCC(c2ccc(N3CCN(CCN4CCC(n5cc(Nc6ncc(-c7cccc(F)c7)n7ccnc67)cn5)CC4)CC3)cc2)C(=O)N1. The van der Waals surface area contributed by atoms with E-state index in [4.69, 9.17) is 0 Å². The minimum Gasteiger partial charge on any atom is -0.369 e. The fourth-order valence-electron chi connectivity index (χ4n) is 7.46. The van der Waals surface area contributed by atoms with Gasteiger partial charge in [0.25, 0.3) is 0 Å². The van der Waals surface area contributed by atoms with Crippen molar-refractivity contribution in [2.24, 2.45) is 0 Å². The predicted octanol–water partition coefficient (Wildman–Crippen LogP) is 4.45. The van der Waals surface area contributed by atoms with Gasteiger partial charge < -0.3 is 15.1 Å². The van der Waals surface area contributed by atoms with Gasteiger partial charge in [-0.2, -0.15) is 5.10 Å². The first kappa shape index (κ1) is 32.1. The van der Waals surface area contributed by atoms with Gasteiger partial charge in [-0.15, -0.1) is 0 Å². The number of nitrogens with zero attached hydrogens (tertiary/aromatic N) is 8. The minimum absolute atomic E-state index is 0.179. The fraction of sp³-hybridized carbons (Fsp3) is 0.378. The minimum atomic E-state index is -0.291. The molecule has 3 aliphatic heterocycles. The van der Waals surface area contributed by atoms with Gasteiger partial charge >= 0.3 is 0 Å². The lowest BCUT2D eigenvalue weighted by atomic mass is 9.90. The maximum atomic E-state index is 13.9. The summed E-state index contributed by atoms with van der Waals surface area (Å²) in [6.07, 6.45) is 12.3. The van der Waals surface area contributed by atoms with Gasteiger partial charge in [0.2, 0.25) is 11.8 Å². The summed E-state index contributed by atoms with van der Waals surface area (Å²) in [4.78, 5) is 40.4.